The van der Waals surface area contributed by atoms with E-state index in [1.165, 1.54) is 13.1 Å². The van der Waals surface area contributed by atoms with Crippen molar-refractivity contribution in [2.24, 2.45) is 0 Å². The summed E-state index contributed by atoms with van der Waals surface area (Å²) in [4.78, 5) is 4.27. The summed E-state index contributed by atoms with van der Waals surface area (Å²) in [6.07, 6.45) is 1.55. The van der Waals surface area contributed by atoms with Gasteiger partial charge in [-0.1, -0.05) is 6.07 Å². The number of sulfonamides is 1. The van der Waals surface area contributed by atoms with E-state index in [0.717, 1.165) is 9.87 Å². The Kier molecular flexibility index (Phi) is 3.67. The fourth-order valence-electron chi connectivity index (χ4n) is 1.93. The van der Waals surface area contributed by atoms with Crippen LogP contribution in [0.3, 0.4) is 0 Å². The van der Waals surface area contributed by atoms with E-state index in [9.17, 15) is 8.42 Å². The molecule has 0 fully saturated rings. The summed E-state index contributed by atoms with van der Waals surface area (Å²) in [5.41, 5.74) is 7.74. The number of aromatic nitrogens is 1. The van der Waals surface area contributed by atoms with Gasteiger partial charge in [-0.2, -0.15) is 0 Å². The molecule has 0 saturated carbocycles. The van der Waals surface area contributed by atoms with Crippen LogP contribution in [-0.4, -0.2) is 20.4 Å². The van der Waals surface area contributed by atoms with Crippen LogP contribution >= 0.6 is 0 Å². The zero-order chi connectivity index (χ0) is 14.9. The van der Waals surface area contributed by atoms with Crippen molar-refractivity contribution in [3.63, 3.8) is 0 Å². The minimum atomic E-state index is -3.68. The van der Waals surface area contributed by atoms with Crippen LogP contribution in [0.5, 0.6) is 0 Å². The number of aryl methyl sites for hydroxylation is 1. The summed E-state index contributed by atoms with van der Waals surface area (Å²) < 4.78 is 26.5. The van der Waals surface area contributed by atoms with E-state index in [-0.39, 0.29) is 4.90 Å². The maximum absolute atomic E-state index is 12.7. The van der Waals surface area contributed by atoms with Crippen molar-refractivity contribution in [1.82, 2.24) is 4.98 Å². The second kappa shape index (κ2) is 5.13. The predicted octanol–water partition coefficient (Wildman–Crippen LogP) is 2.11. The molecular weight excluding hydrogens is 274 g/mol. The summed E-state index contributed by atoms with van der Waals surface area (Å²) in [5, 5.41) is 0. The Hall–Kier alpha value is -2.08. The Balaban J connectivity index is 2.57. The van der Waals surface area contributed by atoms with E-state index in [0.29, 0.717) is 17.1 Å². The Morgan fingerprint density at radius 1 is 1.20 bits per heavy atom. The highest BCUT2D eigenvalue weighted by atomic mass is 32.2. The van der Waals surface area contributed by atoms with Gasteiger partial charge < -0.3 is 5.73 Å². The molecule has 0 aliphatic carbocycles. The number of hydrogen-bond acceptors (Lipinski definition) is 4. The molecule has 2 rings (SSSR count). The Morgan fingerprint density at radius 3 is 2.50 bits per heavy atom. The normalized spacial score (nSPS) is 11.3. The third-order valence-electron chi connectivity index (χ3n) is 3.25. The van der Waals surface area contributed by atoms with Crippen molar-refractivity contribution in [3.8, 4) is 0 Å². The van der Waals surface area contributed by atoms with E-state index in [2.05, 4.69) is 4.98 Å². The summed E-state index contributed by atoms with van der Waals surface area (Å²) >= 11 is 0. The Morgan fingerprint density at radius 2 is 1.90 bits per heavy atom. The van der Waals surface area contributed by atoms with Gasteiger partial charge >= 0.3 is 0 Å². The molecular formula is C14H17N3O2S. The summed E-state index contributed by atoms with van der Waals surface area (Å²) in [7, 11) is -2.20. The zero-order valence-corrected chi connectivity index (χ0v) is 12.5. The van der Waals surface area contributed by atoms with Crippen LogP contribution in [0.2, 0.25) is 0 Å². The molecule has 0 aliphatic rings. The molecule has 0 aliphatic heterocycles. The highest BCUT2D eigenvalue weighted by Gasteiger charge is 2.25. The molecule has 0 spiro atoms. The van der Waals surface area contributed by atoms with Crippen LogP contribution in [0.1, 0.15) is 11.1 Å². The fraction of sp³-hybridized carbons (Fsp3) is 0.214. The quantitative estimate of drug-likeness (QED) is 0.879. The number of nitrogens with two attached hydrogens (primary N) is 1. The van der Waals surface area contributed by atoms with Crippen LogP contribution in [0.4, 0.5) is 11.5 Å². The maximum Gasteiger partial charge on any atom is 0.265 e. The van der Waals surface area contributed by atoms with E-state index >= 15 is 0 Å². The van der Waals surface area contributed by atoms with E-state index in [4.69, 9.17) is 5.73 Å². The average molecular weight is 291 g/mol. The Labute approximate surface area is 119 Å². The molecule has 6 heteroatoms. The Bertz CT molecular complexity index is 728. The summed E-state index contributed by atoms with van der Waals surface area (Å²) in [6, 6.07) is 8.37. The molecule has 1 aromatic carbocycles. The lowest BCUT2D eigenvalue weighted by atomic mass is 10.1. The second-order valence-electron chi connectivity index (χ2n) is 4.62. The van der Waals surface area contributed by atoms with E-state index in [1.54, 1.807) is 37.4 Å². The first-order valence-electron chi connectivity index (χ1n) is 6.10. The van der Waals surface area contributed by atoms with Crippen molar-refractivity contribution < 1.29 is 8.42 Å². The van der Waals surface area contributed by atoms with Crippen LogP contribution < -0.4 is 10.0 Å². The number of anilines is 2. The molecule has 1 heterocycles. The highest BCUT2D eigenvalue weighted by molar-refractivity contribution is 7.92. The van der Waals surface area contributed by atoms with Crippen LogP contribution in [0, 0.1) is 13.8 Å². The lowest BCUT2D eigenvalue weighted by Crippen LogP contribution is -2.28. The number of hydrogen-bond donors (Lipinski definition) is 1. The van der Waals surface area contributed by atoms with Gasteiger partial charge in [0.1, 0.15) is 5.82 Å². The molecule has 0 saturated heterocycles. The zero-order valence-electron chi connectivity index (χ0n) is 11.7. The number of nitrogens with zero attached hydrogens (tertiary/aromatic N) is 2. The second-order valence-corrected chi connectivity index (χ2v) is 6.56. The van der Waals surface area contributed by atoms with E-state index in [1.807, 2.05) is 6.92 Å². The van der Waals surface area contributed by atoms with Crippen molar-refractivity contribution in [1.29, 1.82) is 0 Å². The molecule has 0 unspecified atom stereocenters. The smallest absolute Gasteiger partial charge is 0.265 e. The maximum atomic E-state index is 12.7. The van der Waals surface area contributed by atoms with Gasteiger partial charge in [-0.15, -0.1) is 0 Å². The van der Waals surface area contributed by atoms with Gasteiger partial charge in [-0.3, -0.25) is 4.31 Å². The largest absolute Gasteiger partial charge is 0.399 e. The summed E-state index contributed by atoms with van der Waals surface area (Å²) in [5.74, 6) is 0.368. The van der Waals surface area contributed by atoms with Crippen LogP contribution in [0.25, 0.3) is 0 Å². The number of benzene rings is 1. The van der Waals surface area contributed by atoms with E-state index < -0.39 is 10.0 Å². The average Bonchev–Trinajstić information content (AvgIpc) is 2.42. The molecule has 0 radical (unpaired) electrons. The molecule has 0 atom stereocenters. The van der Waals surface area contributed by atoms with Gasteiger partial charge in [0.25, 0.3) is 10.0 Å². The SMILES string of the molecule is Cc1cc(N)cc(S(=O)(=O)N(C)c2ccccn2)c1C. The van der Waals surface area contributed by atoms with Gasteiger partial charge in [0, 0.05) is 18.9 Å². The standard InChI is InChI=1S/C14H17N3O2S/c1-10-8-12(15)9-13(11(10)2)20(18,19)17(3)14-6-4-5-7-16-14/h4-9H,15H2,1-3H3. The molecule has 106 valence electrons. The van der Waals surface area contributed by atoms with Crippen molar-refractivity contribution in [2.45, 2.75) is 18.7 Å². The lowest BCUT2D eigenvalue weighted by Gasteiger charge is -2.20. The molecule has 5 nitrogen and oxygen atoms in total. The van der Waals surface area contributed by atoms with Gasteiger partial charge in [0.2, 0.25) is 0 Å². The lowest BCUT2D eigenvalue weighted by molar-refractivity contribution is 0.593. The minimum absolute atomic E-state index is 0.211. The van der Waals surface area contributed by atoms with Crippen molar-refractivity contribution in [2.75, 3.05) is 17.1 Å². The molecule has 0 amide bonds. The topological polar surface area (TPSA) is 76.3 Å². The predicted molar refractivity (Wildman–Crippen MR) is 80.2 cm³/mol. The molecule has 0 bridgehead atoms. The number of rotatable bonds is 3. The molecule has 2 aromatic rings. The van der Waals surface area contributed by atoms with Gasteiger partial charge in [0.15, 0.2) is 0 Å². The van der Waals surface area contributed by atoms with Crippen LogP contribution in [-0.2, 0) is 10.0 Å². The first-order valence-corrected chi connectivity index (χ1v) is 7.54. The first-order chi connectivity index (χ1) is 9.34. The first kappa shape index (κ1) is 14.3. The molecule has 20 heavy (non-hydrogen) atoms. The van der Waals surface area contributed by atoms with Crippen molar-refractivity contribution in [3.05, 3.63) is 47.7 Å². The highest BCUT2D eigenvalue weighted by Crippen LogP contribution is 2.26. The van der Waals surface area contributed by atoms with Gasteiger partial charge in [-0.25, -0.2) is 13.4 Å². The minimum Gasteiger partial charge on any atom is -0.399 e. The van der Waals surface area contributed by atoms with Crippen molar-refractivity contribution >= 4 is 21.5 Å². The summed E-state index contributed by atoms with van der Waals surface area (Å²) in [6.45, 7) is 3.61. The monoisotopic (exact) mass is 291 g/mol. The molecule has 2 N–H and O–H groups in total. The fourth-order valence-corrected chi connectivity index (χ4v) is 3.41. The third kappa shape index (κ3) is 2.46. The number of nitrogen functional groups attached to an aromatic ring is 1. The molecule has 1 aromatic heterocycles. The van der Waals surface area contributed by atoms with Gasteiger partial charge in [0.05, 0.1) is 4.90 Å². The number of pyridine rings is 1. The van der Waals surface area contributed by atoms with Gasteiger partial charge in [-0.05, 0) is 49.2 Å². The van der Waals surface area contributed by atoms with Crippen LogP contribution in [0.15, 0.2) is 41.4 Å². The third-order valence-corrected chi connectivity index (χ3v) is 5.14.